The number of nitrogens with one attached hydrogen (secondary N) is 1. The second-order valence-electron chi connectivity index (χ2n) is 22.2. The first kappa shape index (κ1) is 43.3. The highest BCUT2D eigenvalue weighted by Gasteiger charge is 2.71. The molecule has 0 aliphatic heterocycles. The van der Waals surface area contributed by atoms with Crippen molar-refractivity contribution in [2.45, 2.75) is 178 Å². The van der Waals surface area contributed by atoms with Crippen LogP contribution in [0, 0.1) is 62.1 Å². The topological polar surface area (TPSA) is 133 Å². The van der Waals surface area contributed by atoms with Crippen molar-refractivity contribution in [2.24, 2.45) is 62.1 Å². The van der Waals surface area contributed by atoms with Gasteiger partial charge < -0.3 is 20.3 Å². The van der Waals surface area contributed by atoms with Gasteiger partial charge in [0.15, 0.2) is 5.78 Å². The number of carbonyl (C=O) groups is 4. The largest absolute Gasteiger partial charge is 0.481 e. The van der Waals surface area contributed by atoms with Gasteiger partial charge in [0.2, 0.25) is 5.91 Å². The maximum absolute atomic E-state index is 14.2. The Balaban J connectivity index is 1.25. The van der Waals surface area contributed by atoms with Gasteiger partial charge in [-0.1, -0.05) is 60.5 Å². The van der Waals surface area contributed by atoms with Gasteiger partial charge in [0, 0.05) is 36.4 Å². The molecule has 0 aromatic heterocycles. The van der Waals surface area contributed by atoms with Gasteiger partial charge in [-0.3, -0.25) is 24.1 Å². The van der Waals surface area contributed by atoms with Crippen LogP contribution >= 0.6 is 0 Å². The van der Waals surface area contributed by atoms with Gasteiger partial charge in [-0.15, -0.1) is 0 Å². The highest BCUT2D eigenvalue weighted by Crippen LogP contribution is 2.77. The van der Waals surface area contributed by atoms with E-state index in [1.54, 1.807) is 13.8 Å². The standard InChI is InChI=1S/C47H76N2O7/c1-28(2)39-32(50)23-47(35(51)26-49(29(3)4)27-37(52)48-25-30-13-12-14-30)22-21-45(10)31(40(39)47)15-16-34-44(9)19-18-36(56-38(53)24-42(5,6)41(54)55)43(7,8)33(44)17-20-46(34,45)11/h28-31,33-36,51H,12-27H2,1-11H3,(H,48,52)(H,54,55)/t31-,33+,34-,35+,36+,44+,45-,46-,47?/m1/s1. The van der Waals surface area contributed by atoms with E-state index in [9.17, 15) is 29.4 Å². The summed E-state index contributed by atoms with van der Waals surface area (Å²) in [5.41, 5.74) is 0.179. The maximum atomic E-state index is 14.2. The number of allylic oxidation sites excluding steroid dienone is 1. The fourth-order valence-electron chi connectivity index (χ4n) is 14.0. The molecular formula is C47H76N2O7. The number of aliphatic carboxylic acids is 1. The molecular weight excluding hydrogens is 705 g/mol. The zero-order valence-electron chi connectivity index (χ0n) is 36.8. The second kappa shape index (κ2) is 15.1. The highest BCUT2D eigenvalue weighted by molar-refractivity contribution is 6.00. The Morgan fingerprint density at radius 3 is 2.16 bits per heavy atom. The van der Waals surface area contributed by atoms with Crippen LogP contribution in [0.3, 0.4) is 0 Å². The van der Waals surface area contributed by atoms with E-state index in [0.29, 0.717) is 30.7 Å². The average Bonchev–Trinajstić information content (AvgIpc) is 3.38. The monoisotopic (exact) mass is 781 g/mol. The number of amides is 1. The van der Waals surface area contributed by atoms with Gasteiger partial charge in [-0.25, -0.2) is 0 Å². The first-order valence-electron chi connectivity index (χ1n) is 22.3. The smallest absolute Gasteiger partial charge is 0.309 e. The van der Waals surface area contributed by atoms with Crippen LogP contribution in [0.1, 0.15) is 160 Å². The number of ether oxygens (including phenoxy) is 1. The number of hydrogen-bond donors (Lipinski definition) is 3. The summed E-state index contributed by atoms with van der Waals surface area (Å²) in [5, 5.41) is 25.3. The summed E-state index contributed by atoms with van der Waals surface area (Å²) >= 11 is 0. The molecule has 0 bridgehead atoms. The lowest BCUT2D eigenvalue weighted by atomic mass is 9.33. The van der Waals surface area contributed by atoms with E-state index in [1.807, 2.05) is 0 Å². The van der Waals surface area contributed by atoms with E-state index >= 15 is 0 Å². The minimum Gasteiger partial charge on any atom is -0.481 e. The predicted molar refractivity (Wildman–Crippen MR) is 218 cm³/mol. The van der Waals surface area contributed by atoms with Gasteiger partial charge in [0.25, 0.3) is 0 Å². The van der Waals surface area contributed by atoms with Crippen molar-refractivity contribution in [3.8, 4) is 0 Å². The first-order valence-corrected chi connectivity index (χ1v) is 22.3. The van der Waals surface area contributed by atoms with E-state index in [4.69, 9.17) is 4.74 Å². The minimum absolute atomic E-state index is 0.0144. The first-order chi connectivity index (χ1) is 25.9. The van der Waals surface area contributed by atoms with Gasteiger partial charge in [0.05, 0.1) is 24.5 Å². The third kappa shape index (κ3) is 7.02. The zero-order valence-corrected chi connectivity index (χ0v) is 36.8. The number of carboxylic acids is 1. The molecule has 9 nitrogen and oxygen atoms in total. The third-order valence-corrected chi connectivity index (χ3v) is 17.8. The van der Waals surface area contributed by atoms with Gasteiger partial charge in [-0.05, 0) is 143 Å². The quantitative estimate of drug-likeness (QED) is 0.159. The Bertz CT molecular complexity index is 1590. The van der Waals surface area contributed by atoms with E-state index in [0.717, 1.165) is 63.5 Å². The van der Waals surface area contributed by atoms with Crippen LogP contribution in [0.25, 0.3) is 0 Å². The van der Waals surface area contributed by atoms with Crippen LogP contribution in [-0.2, 0) is 23.9 Å². The molecule has 0 saturated heterocycles. The van der Waals surface area contributed by atoms with Crippen molar-refractivity contribution >= 4 is 23.6 Å². The lowest BCUT2D eigenvalue weighted by Gasteiger charge is -2.72. The number of Topliss-reactive ketones (excluding diaryl/α,β-unsaturated/α-hetero) is 1. The number of carboxylic acid groups (broad SMARTS) is 1. The van der Waals surface area contributed by atoms with Crippen LogP contribution < -0.4 is 5.32 Å². The summed E-state index contributed by atoms with van der Waals surface area (Å²) in [4.78, 5) is 54.4. The number of fused-ring (bicyclic) bond motifs is 7. The number of carbonyl (C=O) groups excluding carboxylic acids is 3. The Labute approximate surface area is 337 Å². The summed E-state index contributed by atoms with van der Waals surface area (Å²) in [5.74, 6) is 0.479. The lowest BCUT2D eigenvalue weighted by Crippen LogP contribution is -2.66. The molecule has 5 saturated carbocycles. The number of esters is 1. The van der Waals surface area contributed by atoms with Crippen molar-refractivity contribution in [2.75, 3.05) is 19.6 Å². The lowest BCUT2D eigenvalue weighted by molar-refractivity contribution is -0.235. The van der Waals surface area contributed by atoms with Gasteiger partial charge in [0.1, 0.15) is 6.10 Å². The number of ketones is 1. The van der Waals surface area contributed by atoms with Crippen molar-refractivity contribution in [3.05, 3.63) is 11.1 Å². The highest BCUT2D eigenvalue weighted by atomic mass is 16.5. The number of aliphatic hydroxyl groups is 1. The average molecular weight is 781 g/mol. The van der Waals surface area contributed by atoms with E-state index in [1.165, 1.54) is 24.8 Å². The van der Waals surface area contributed by atoms with Crippen LogP contribution in [0.5, 0.6) is 0 Å². The molecule has 1 amide bonds. The molecule has 0 radical (unpaired) electrons. The summed E-state index contributed by atoms with van der Waals surface area (Å²) < 4.78 is 6.18. The fourth-order valence-corrected chi connectivity index (χ4v) is 14.0. The molecule has 0 aromatic carbocycles. The minimum atomic E-state index is -1.17. The van der Waals surface area contributed by atoms with E-state index < -0.39 is 28.9 Å². The Hall–Kier alpha value is -2.26. The molecule has 6 aliphatic carbocycles. The van der Waals surface area contributed by atoms with Crippen molar-refractivity contribution in [1.29, 1.82) is 0 Å². The molecule has 0 heterocycles. The van der Waals surface area contributed by atoms with Crippen LogP contribution in [0.2, 0.25) is 0 Å². The van der Waals surface area contributed by atoms with E-state index in [-0.39, 0.29) is 70.3 Å². The molecule has 6 aliphatic rings. The molecule has 0 spiro atoms. The molecule has 9 atom stereocenters. The maximum Gasteiger partial charge on any atom is 0.309 e. The van der Waals surface area contributed by atoms with Crippen molar-refractivity contribution in [1.82, 2.24) is 10.2 Å². The zero-order chi connectivity index (χ0) is 41.4. The molecule has 0 aromatic rings. The summed E-state index contributed by atoms with van der Waals surface area (Å²) in [7, 11) is 0. The Morgan fingerprint density at radius 2 is 1.57 bits per heavy atom. The summed E-state index contributed by atoms with van der Waals surface area (Å²) in [6.07, 6.45) is 10.4. The van der Waals surface area contributed by atoms with Gasteiger partial charge >= 0.3 is 11.9 Å². The Kier molecular flexibility index (Phi) is 11.7. The van der Waals surface area contributed by atoms with E-state index in [2.05, 4.69) is 72.5 Å². The number of nitrogens with zero attached hydrogens (tertiary/aromatic N) is 1. The van der Waals surface area contributed by atoms with Crippen LogP contribution in [0.15, 0.2) is 11.1 Å². The number of rotatable bonds is 13. The molecule has 9 heteroatoms. The van der Waals surface area contributed by atoms with Gasteiger partial charge in [-0.2, -0.15) is 0 Å². The molecule has 6 rings (SSSR count). The third-order valence-electron chi connectivity index (χ3n) is 17.8. The molecule has 1 unspecified atom stereocenters. The predicted octanol–water partition coefficient (Wildman–Crippen LogP) is 8.37. The van der Waals surface area contributed by atoms with Crippen molar-refractivity contribution in [3.63, 3.8) is 0 Å². The normalized spacial score (nSPS) is 37.4. The summed E-state index contributed by atoms with van der Waals surface area (Å²) in [6, 6.07) is 0.0724. The molecule has 56 heavy (non-hydrogen) atoms. The van der Waals surface area contributed by atoms with Crippen LogP contribution in [0.4, 0.5) is 0 Å². The van der Waals surface area contributed by atoms with Crippen LogP contribution in [-0.4, -0.2) is 76.6 Å². The molecule has 3 N–H and O–H groups in total. The SMILES string of the molecule is CC(C)C1=C2[C@H]3CC[C@@H]4[C@@]5(C)CC[C@H](OC(=O)CC(C)(C)C(=O)O)C(C)(C)[C@@H]5CC[C@@]4(C)[C@]3(C)CCC2([C@@H](O)CN(CC(=O)NCC2CCC2)C(C)C)CC1=O. The Morgan fingerprint density at radius 1 is 0.893 bits per heavy atom. The fraction of sp³-hybridized carbons (Fsp3) is 0.872. The number of aliphatic hydroxyl groups excluding tert-OH is 1. The second-order valence-corrected chi connectivity index (χ2v) is 22.2. The molecule has 5 fully saturated rings. The molecule has 316 valence electrons. The summed E-state index contributed by atoms with van der Waals surface area (Å²) in [6.45, 7) is 25.1. The van der Waals surface area contributed by atoms with Crippen molar-refractivity contribution < 1.29 is 34.1 Å². The number of hydrogen-bond acceptors (Lipinski definition) is 7.